The van der Waals surface area contributed by atoms with Crippen LogP contribution in [0.15, 0.2) is 65.7 Å². The van der Waals surface area contributed by atoms with Gasteiger partial charge in [-0.1, -0.05) is 36.4 Å². The van der Waals surface area contributed by atoms with E-state index in [0.717, 1.165) is 11.6 Å². The van der Waals surface area contributed by atoms with Gasteiger partial charge in [0, 0.05) is 5.56 Å². The highest BCUT2D eigenvalue weighted by molar-refractivity contribution is 7.92. The summed E-state index contributed by atoms with van der Waals surface area (Å²) in [7, 11) is -3.90. The summed E-state index contributed by atoms with van der Waals surface area (Å²) in [5.41, 5.74) is 1.42. The highest BCUT2D eigenvalue weighted by Gasteiger charge is 2.18. The van der Waals surface area contributed by atoms with Crippen LogP contribution in [0.2, 0.25) is 0 Å². The number of anilines is 1. The van der Waals surface area contributed by atoms with Gasteiger partial charge in [0.1, 0.15) is 11.6 Å². The Morgan fingerprint density at radius 3 is 2.55 bits per heavy atom. The summed E-state index contributed by atoms with van der Waals surface area (Å²) in [6.07, 6.45) is 1.53. The first kappa shape index (κ1) is 14.3. The number of hydrogen-bond acceptors (Lipinski definition) is 3. The van der Waals surface area contributed by atoms with Gasteiger partial charge in [-0.3, -0.25) is 9.82 Å². The number of aromatic nitrogens is 2. The minimum atomic E-state index is -3.90. The number of benzene rings is 2. The second kappa shape index (κ2) is 5.61. The van der Waals surface area contributed by atoms with E-state index in [1.165, 1.54) is 24.4 Å². The molecular formula is C15H12FN3O2S. The van der Waals surface area contributed by atoms with E-state index in [4.69, 9.17) is 0 Å². The van der Waals surface area contributed by atoms with Gasteiger partial charge in [0.05, 0.1) is 11.1 Å². The fraction of sp³-hybridized carbons (Fsp3) is 0. The molecule has 22 heavy (non-hydrogen) atoms. The molecule has 112 valence electrons. The highest BCUT2D eigenvalue weighted by Crippen LogP contribution is 2.27. The molecule has 3 aromatic rings. The summed E-state index contributed by atoms with van der Waals surface area (Å²) >= 11 is 0. The predicted molar refractivity (Wildman–Crippen MR) is 81.2 cm³/mol. The normalized spacial score (nSPS) is 11.3. The van der Waals surface area contributed by atoms with Crippen molar-refractivity contribution in [2.45, 2.75) is 4.90 Å². The van der Waals surface area contributed by atoms with Crippen molar-refractivity contribution >= 4 is 15.8 Å². The third-order valence-corrected chi connectivity index (χ3v) is 4.41. The van der Waals surface area contributed by atoms with Crippen LogP contribution < -0.4 is 4.72 Å². The molecule has 0 unspecified atom stereocenters. The van der Waals surface area contributed by atoms with Gasteiger partial charge in [0.2, 0.25) is 0 Å². The lowest BCUT2D eigenvalue weighted by Crippen LogP contribution is -2.14. The number of nitrogens with zero attached hydrogens (tertiary/aromatic N) is 1. The van der Waals surface area contributed by atoms with Crippen molar-refractivity contribution in [3.8, 4) is 11.1 Å². The Morgan fingerprint density at radius 2 is 1.82 bits per heavy atom. The Bertz CT molecular complexity index is 892. The van der Waals surface area contributed by atoms with Gasteiger partial charge in [-0.2, -0.15) is 5.10 Å². The SMILES string of the molecule is O=S(=O)(Nc1[nH]ncc1-c1ccccc1)c1cccc(F)c1. The predicted octanol–water partition coefficient (Wildman–Crippen LogP) is 3.02. The number of hydrogen-bond donors (Lipinski definition) is 2. The average Bonchev–Trinajstić information content (AvgIpc) is 2.95. The van der Waals surface area contributed by atoms with E-state index in [1.54, 1.807) is 0 Å². The molecular weight excluding hydrogens is 305 g/mol. The summed E-state index contributed by atoms with van der Waals surface area (Å²) in [4.78, 5) is -0.152. The van der Waals surface area contributed by atoms with Crippen LogP contribution in [-0.4, -0.2) is 18.6 Å². The molecule has 0 bridgehead atoms. The topological polar surface area (TPSA) is 74.8 Å². The van der Waals surface area contributed by atoms with Gasteiger partial charge >= 0.3 is 0 Å². The maximum atomic E-state index is 13.2. The van der Waals surface area contributed by atoms with E-state index in [9.17, 15) is 12.8 Å². The number of nitrogens with one attached hydrogen (secondary N) is 2. The fourth-order valence-electron chi connectivity index (χ4n) is 2.03. The van der Waals surface area contributed by atoms with Crippen LogP contribution in [0.1, 0.15) is 0 Å². The van der Waals surface area contributed by atoms with Crippen molar-refractivity contribution in [1.82, 2.24) is 10.2 Å². The Hall–Kier alpha value is -2.67. The molecule has 5 nitrogen and oxygen atoms in total. The lowest BCUT2D eigenvalue weighted by Gasteiger charge is -2.08. The first-order valence-electron chi connectivity index (χ1n) is 6.43. The van der Waals surface area contributed by atoms with E-state index < -0.39 is 15.8 Å². The Kier molecular flexibility index (Phi) is 3.64. The van der Waals surface area contributed by atoms with E-state index in [0.29, 0.717) is 5.56 Å². The zero-order chi connectivity index (χ0) is 15.6. The Labute approximate surface area is 126 Å². The van der Waals surface area contributed by atoms with E-state index in [2.05, 4.69) is 14.9 Å². The van der Waals surface area contributed by atoms with Gasteiger partial charge in [0.15, 0.2) is 0 Å². The number of halogens is 1. The maximum Gasteiger partial charge on any atom is 0.263 e. The lowest BCUT2D eigenvalue weighted by atomic mass is 10.1. The summed E-state index contributed by atoms with van der Waals surface area (Å²) < 4.78 is 40.2. The van der Waals surface area contributed by atoms with Crippen LogP contribution in [0.3, 0.4) is 0 Å². The van der Waals surface area contributed by atoms with Crippen molar-refractivity contribution < 1.29 is 12.8 Å². The van der Waals surface area contributed by atoms with E-state index in [1.807, 2.05) is 30.3 Å². The van der Waals surface area contributed by atoms with E-state index in [-0.39, 0.29) is 10.7 Å². The van der Waals surface area contributed by atoms with E-state index >= 15 is 0 Å². The van der Waals surface area contributed by atoms with Crippen LogP contribution >= 0.6 is 0 Å². The first-order valence-corrected chi connectivity index (χ1v) is 7.92. The van der Waals surface area contributed by atoms with Crippen molar-refractivity contribution in [2.75, 3.05) is 4.72 Å². The molecule has 0 aliphatic carbocycles. The monoisotopic (exact) mass is 317 g/mol. The van der Waals surface area contributed by atoms with Gasteiger partial charge in [-0.25, -0.2) is 12.8 Å². The van der Waals surface area contributed by atoms with Crippen molar-refractivity contribution in [3.05, 3.63) is 66.6 Å². The van der Waals surface area contributed by atoms with Crippen LogP contribution in [0.25, 0.3) is 11.1 Å². The quantitative estimate of drug-likeness (QED) is 0.776. The molecule has 7 heteroatoms. The molecule has 0 saturated heterocycles. The molecule has 0 radical (unpaired) electrons. The Morgan fingerprint density at radius 1 is 1.05 bits per heavy atom. The molecule has 3 rings (SSSR count). The summed E-state index contributed by atoms with van der Waals surface area (Å²) in [5, 5.41) is 6.48. The highest BCUT2D eigenvalue weighted by atomic mass is 32.2. The zero-order valence-electron chi connectivity index (χ0n) is 11.3. The minimum Gasteiger partial charge on any atom is -0.263 e. The fourth-order valence-corrected chi connectivity index (χ4v) is 3.10. The number of sulfonamides is 1. The van der Waals surface area contributed by atoms with Gasteiger partial charge < -0.3 is 0 Å². The van der Waals surface area contributed by atoms with Crippen LogP contribution in [0.4, 0.5) is 10.2 Å². The molecule has 2 N–H and O–H groups in total. The van der Waals surface area contributed by atoms with Gasteiger partial charge in [-0.15, -0.1) is 0 Å². The molecule has 0 spiro atoms. The molecule has 1 aromatic heterocycles. The van der Waals surface area contributed by atoms with Crippen LogP contribution in [0.5, 0.6) is 0 Å². The average molecular weight is 317 g/mol. The number of aromatic amines is 1. The molecule has 0 saturated carbocycles. The number of H-pyrrole nitrogens is 1. The van der Waals surface area contributed by atoms with Crippen molar-refractivity contribution in [3.63, 3.8) is 0 Å². The molecule has 0 aliphatic heterocycles. The smallest absolute Gasteiger partial charge is 0.263 e. The molecule has 0 fully saturated rings. The minimum absolute atomic E-state index is 0.152. The van der Waals surface area contributed by atoms with Crippen molar-refractivity contribution in [2.24, 2.45) is 0 Å². The number of rotatable bonds is 4. The molecule has 2 aromatic carbocycles. The largest absolute Gasteiger partial charge is 0.263 e. The second-order valence-corrected chi connectivity index (χ2v) is 6.27. The zero-order valence-corrected chi connectivity index (χ0v) is 12.1. The maximum absolute atomic E-state index is 13.2. The first-order chi connectivity index (χ1) is 10.6. The molecule has 0 aliphatic rings. The third-order valence-electron chi connectivity index (χ3n) is 3.07. The molecule has 1 heterocycles. The second-order valence-electron chi connectivity index (χ2n) is 4.59. The third kappa shape index (κ3) is 2.84. The standard InChI is InChI=1S/C15H12FN3O2S/c16-12-7-4-8-13(9-12)22(20,21)19-15-14(10-17-18-15)11-5-2-1-3-6-11/h1-10H,(H2,17,18,19). The van der Waals surface area contributed by atoms with Crippen LogP contribution in [-0.2, 0) is 10.0 Å². The lowest BCUT2D eigenvalue weighted by molar-refractivity contribution is 0.595. The molecule has 0 atom stereocenters. The summed E-state index contributed by atoms with van der Waals surface area (Å²) in [6, 6.07) is 14.0. The van der Waals surface area contributed by atoms with Gasteiger partial charge in [-0.05, 0) is 23.8 Å². The van der Waals surface area contributed by atoms with Crippen molar-refractivity contribution in [1.29, 1.82) is 0 Å². The van der Waals surface area contributed by atoms with Gasteiger partial charge in [0.25, 0.3) is 10.0 Å². The molecule has 0 amide bonds. The van der Waals surface area contributed by atoms with Crippen LogP contribution in [0, 0.1) is 5.82 Å². The summed E-state index contributed by atoms with van der Waals surface area (Å²) in [5.74, 6) is -0.383. The Balaban J connectivity index is 1.96. The summed E-state index contributed by atoms with van der Waals surface area (Å²) in [6.45, 7) is 0.